The summed E-state index contributed by atoms with van der Waals surface area (Å²) >= 11 is 6.07. The second-order valence-electron chi connectivity index (χ2n) is 6.82. The first-order valence-corrected chi connectivity index (χ1v) is 9.10. The Kier molecular flexibility index (Phi) is 5.67. The molecular formula is C20H21ClN4O3. The van der Waals surface area contributed by atoms with Crippen LogP contribution < -0.4 is 5.32 Å². The minimum atomic E-state index is -0.550. The molecule has 0 saturated heterocycles. The number of nitro groups is 1. The van der Waals surface area contributed by atoms with E-state index in [1.807, 2.05) is 44.2 Å². The van der Waals surface area contributed by atoms with Crippen LogP contribution in [-0.2, 0) is 7.05 Å². The van der Waals surface area contributed by atoms with Gasteiger partial charge in [-0.3, -0.25) is 14.9 Å². The number of non-ortho nitro benzene ring substituents is 1. The Morgan fingerprint density at radius 3 is 2.68 bits per heavy atom. The van der Waals surface area contributed by atoms with Crippen molar-refractivity contribution in [3.63, 3.8) is 0 Å². The van der Waals surface area contributed by atoms with Crippen LogP contribution in [0.5, 0.6) is 0 Å². The number of aryl methyl sites for hydroxylation is 1. The second kappa shape index (κ2) is 8.00. The zero-order chi connectivity index (χ0) is 20.4. The molecule has 0 radical (unpaired) electrons. The zero-order valence-electron chi connectivity index (χ0n) is 15.8. The van der Waals surface area contributed by atoms with Crippen molar-refractivity contribution in [1.82, 2.24) is 14.8 Å². The lowest BCUT2D eigenvalue weighted by molar-refractivity contribution is -0.384. The highest BCUT2D eigenvalue weighted by molar-refractivity contribution is 6.33. The van der Waals surface area contributed by atoms with Crippen LogP contribution in [0.15, 0.2) is 48.7 Å². The third-order valence-corrected chi connectivity index (χ3v) is 5.10. The number of aromatic nitrogens is 1. The largest absolute Gasteiger partial charge is 0.350 e. The summed E-state index contributed by atoms with van der Waals surface area (Å²) < 4.78 is 2.06. The van der Waals surface area contributed by atoms with Crippen LogP contribution in [-0.4, -0.2) is 40.9 Å². The SMILES string of the molecule is CN(C)C(CNC(=O)c1cc([N+](=O)[O-])ccc1Cl)c1cn(C)c2ccccc12. The van der Waals surface area contributed by atoms with E-state index in [9.17, 15) is 14.9 Å². The zero-order valence-corrected chi connectivity index (χ0v) is 16.6. The van der Waals surface area contributed by atoms with Crippen molar-refractivity contribution >= 4 is 34.1 Å². The van der Waals surface area contributed by atoms with E-state index in [4.69, 9.17) is 11.6 Å². The van der Waals surface area contributed by atoms with Gasteiger partial charge in [0.15, 0.2) is 0 Å². The van der Waals surface area contributed by atoms with Gasteiger partial charge in [-0.15, -0.1) is 0 Å². The van der Waals surface area contributed by atoms with Crippen molar-refractivity contribution in [1.29, 1.82) is 0 Å². The predicted octanol–water partition coefficient (Wildman–Crippen LogP) is 3.77. The minimum absolute atomic E-state index is 0.0764. The van der Waals surface area contributed by atoms with Gasteiger partial charge in [0.05, 0.1) is 21.6 Å². The summed E-state index contributed by atoms with van der Waals surface area (Å²) in [5.74, 6) is -0.444. The number of nitrogens with one attached hydrogen (secondary N) is 1. The maximum atomic E-state index is 12.6. The van der Waals surface area contributed by atoms with Crippen LogP contribution in [0.1, 0.15) is 22.0 Å². The van der Waals surface area contributed by atoms with E-state index in [2.05, 4.69) is 22.1 Å². The Bertz CT molecular complexity index is 1050. The lowest BCUT2D eigenvalue weighted by atomic mass is 10.0. The first-order chi connectivity index (χ1) is 13.3. The Morgan fingerprint density at radius 1 is 1.29 bits per heavy atom. The fourth-order valence-corrected chi connectivity index (χ4v) is 3.50. The van der Waals surface area contributed by atoms with Crippen molar-refractivity contribution < 1.29 is 9.72 Å². The fraction of sp³-hybridized carbons (Fsp3) is 0.250. The van der Waals surface area contributed by atoms with Gasteiger partial charge >= 0.3 is 0 Å². The summed E-state index contributed by atoms with van der Waals surface area (Å²) in [6, 6.07) is 11.8. The topological polar surface area (TPSA) is 80.4 Å². The van der Waals surface area contributed by atoms with Crippen molar-refractivity contribution in [3.05, 3.63) is 74.9 Å². The number of amides is 1. The van der Waals surface area contributed by atoms with Gasteiger partial charge in [-0.2, -0.15) is 0 Å². The van der Waals surface area contributed by atoms with Gasteiger partial charge in [0.1, 0.15) is 0 Å². The van der Waals surface area contributed by atoms with Crippen molar-refractivity contribution in [2.75, 3.05) is 20.6 Å². The molecule has 1 N–H and O–H groups in total. The number of hydrogen-bond donors (Lipinski definition) is 1. The number of carbonyl (C=O) groups excluding carboxylic acids is 1. The molecular weight excluding hydrogens is 380 g/mol. The standard InChI is InChI=1S/C20H21ClN4O3/c1-23(2)19(16-12-24(3)18-7-5-4-6-14(16)18)11-22-20(26)15-10-13(25(27)28)8-9-17(15)21/h4-10,12,19H,11H2,1-3H3,(H,22,26). The smallest absolute Gasteiger partial charge is 0.270 e. The number of carbonyl (C=O) groups is 1. The minimum Gasteiger partial charge on any atom is -0.350 e. The average molecular weight is 401 g/mol. The molecule has 28 heavy (non-hydrogen) atoms. The lowest BCUT2D eigenvalue weighted by Crippen LogP contribution is -2.34. The molecule has 3 rings (SSSR count). The maximum Gasteiger partial charge on any atom is 0.270 e. The monoisotopic (exact) mass is 400 g/mol. The Morgan fingerprint density at radius 2 is 2.00 bits per heavy atom. The van der Waals surface area contributed by atoms with Crippen LogP contribution in [0.25, 0.3) is 10.9 Å². The molecule has 0 aliphatic heterocycles. The van der Waals surface area contributed by atoms with Gasteiger partial charge in [-0.1, -0.05) is 29.8 Å². The molecule has 146 valence electrons. The number of halogens is 1. The lowest BCUT2D eigenvalue weighted by Gasteiger charge is -2.24. The summed E-state index contributed by atoms with van der Waals surface area (Å²) in [5.41, 5.74) is 2.12. The van der Waals surface area contributed by atoms with E-state index >= 15 is 0 Å². The number of likely N-dealkylation sites (N-methyl/N-ethyl adjacent to an activating group) is 1. The molecule has 0 aliphatic carbocycles. The van der Waals surface area contributed by atoms with Gasteiger partial charge in [0.25, 0.3) is 11.6 Å². The first-order valence-electron chi connectivity index (χ1n) is 8.72. The number of nitrogens with zero attached hydrogens (tertiary/aromatic N) is 3. The molecule has 8 heteroatoms. The van der Waals surface area contributed by atoms with E-state index in [-0.39, 0.29) is 22.3 Å². The van der Waals surface area contributed by atoms with Crippen LogP contribution in [0.3, 0.4) is 0 Å². The summed E-state index contributed by atoms with van der Waals surface area (Å²) in [6.07, 6.45) is 2.06. The Balaban J connectivity index is 1.85. The van der Waals surface area contributed by atoms with Gasteiger partial charge in [0, 0.05) is 42.8 Å². The molecule has 0 spiro atoms. The van der Waals surface area contributed by atoms with E-state index in [1.54, 1.807) is 0 Å². The molecule has 1 heterocycles. The molecule has 0 fully saturated rings. The molecule has 1 amide bonds. The van der Waals surface area contributed by atoms with Crippen LogP contribution in [0.4, 0.5) is 5.69 Å². The van der Waals surface area contributed by atoms with Gasteiger partial charge in [-0.25, -0.2) is 0 Å². The van der Waals surface area contributed by atoms with E-state index in [0.29, 0.717) is 6.54 Å². The predicted molar refractivity (Wildman–Crippen MR) is 110 cm³/mol. The number of rotatable bonds is 6. The molecule has 0 bridgehead atoms. The molecule has 0 aliphatic rings. The van der Waals surface area contributed by atoms with Crippen molar-refractivity contribution in [2.45, 2.75) is 6.04 Å². The van der Waals surface area contributed by atoms with Crippen molar-refractivity contribution in [3.8, 4) is 0 Å². The third-order valence-electron chi connectivity index (χ3n) is 4.77. The number of nitro benzene ring substituents is 1. The first kappa shape index (κ1) is 19.9. The van der Waals surface area contributed by atoms with Crippen LogP contribution in [0.2, 0.25) is 5.02 Å². The molecule has 7 nitrogen and oxygen atoms in total. The Labute approximate surface area is 167 Å². The molecule has 1 atom stereocenters. The molecule has 3 aromatic rings. The highest BCUT2D eigenvalue weighted by Crippen LogP contribution is 2.28. The summed E-state index contributed by atoms with van der Waals surface area (Å²) in [4.78, 5) is 25.1. The second-order valence-corrected chi connectivity index (χ2v) is 7.23. The van der Waals surface area contributed by atoms with Crippen LogP contribution in [0, 0.1) is 10.1 Å². The normalized spacial score (nSPS) is 12.3. The highest BCUT2D eigenvalue weighted by atomic mass is 35.5. The maximum absolute atomic E-state index is 12.6. The number of hydrogen-bond acceptors (Lipinski definition) is 4. The number of para-hydroxylation sites is 1. The molecule has 1 unspecified atom stereocenters. The number of benzene rings is 2. The average Bonchev–Trinajstić information content (AvgIpc) is 2.98. The van der Waals surface area contributed by atoms with E-state index in [0.717, 1.165) is 16.5 Å². The van der Waals surface area contributed by atoms with Crippen molar-refractivity contribution in [2.24, 2.45) is 7.05 Å². The highest BCUT2D eigenvalue weighted by Gasteiger charge is 2.22. The quantitative estimate of drug-likeness (QED) is 0.504. The van der Waals surface area contributed by atoms with Gasteiger partial charge < -0.3 is 14.8 Å². The van der Waals surface area contributed by atoms with E-state index < -0.39 is 10.8 Å². The van der Waals surface area contributed by atoms with E-state index in [1.165, 1.54) is 18.2 Å². The third kappa shape index (κ3) is 3.85. The molecule has 2 aromatic carbocycles. The molecule has 0 saturated carbocycles. The van der Waals surface area contributed by atoms with Crippen LogP contribution >= 0.6 is 11.6 Å². The summed E-state index contributed by atoms with van der Waals surface area (Å²) in [5, 5.41) is 15.1. The number of fused-ring (bicyclic) bond motifs is 1. The Hall–Kier alpha value is -2.90. The van der Waals surface area contributed by atoms with Gasteiger partial charge in [0.2, 0.25) is 0 Å². The fourth-order valence-electron chi connectivity index (χ4n) is 3.29. The summed E-state index contributed by atoms with van der Waals surface area (Å²) in [6.45, 7) is 0.332. The molecule has 1 aromatic heterocycles. The van der Waals surface area contributed by atoms with Gasteiger partial charge in [-0.05, 0) is 31.8 Å². The summed E-state index contributed by atoms with van der Waals surface area (Å²) in [7, 11) is 5.87.